The van der Waals surface area contributed by atoms with E-state index in [9.17, 15) is 9.59 Å². The zero-order valence-corrected chi connectivity index (χ0v) is 7.13. The Bertz CT molecular complexity index is 145. The number of hydrogen-bond donors (Lipinski definition) is 1. The van der Waals surface area contributed by atoms with Crippen LogP contribution in [0.2, 0.25) is 0 Å². The number of hydrogen-bond acceptors (Lipinski definition) is 2. The Kier molecular flexibility index (Phi) is 3.79. The summed E-state index contributed by atoms with van der Waals surface area (Å²) < 4.78 is 0. The Morgan fingerprint density at radius 2 is 1.73 bits per heavy atom. The SMILES string of the molecule is CC(=O)[C@@H](C)C[C@@H](C)C(=O)O. The summed E-state index contributed by atoms with van der Waals surface area (Å²) in [6.07, 6.45) is 0.435. The second-order valence-electron chi connectivity index (χ2n) is 2.99. The largest absolute Gasteiger partial charge is 0.481 e. The Labute approximate surface area is 66.4 Å². The maximum atomic E-state index is 10.7. The van der Waals surface area contributed by atoms with Gasteiger partial charge >= 0.3 is 5.97 Å². The molecule has 0 aromatic rings. The Hall–Kier alpha value is -0.860. The topological polar surface area (TPSA) is 54.4 Å². The van der Waals surface area contributed by atoms with E-state index in [1.807, 2.05) is 0 Å². The molecule has 1 N–H and O–H groups in total. The van der Waals surface area contributed by atoms with Crippen molar-refractivity contribution in [2.24, 2.45) is 11.8 Å². The first-order valence-corrected chi connectivity index (χ1v) is 3.68. The molecule has 0 spiro atoms. The lowest BCUT2D eigenvalue weighted by Gasteiger charge is -2.09. The average Bonchev–Trinajstić information content (AvgIpc) is 1.87. The molecule has 11 heavy (non-hydrogen) atoms. The first-order chi connectivity index (χ1) is 4.95. The van der Waals surface area contributed by atoms with Gasteiger partial charge in [0.1, 0.15) is 5.78 Å². The third-order valence-electron chi connectivity index (χ3n) is 1.82. The van der Waals surface area contributed by atoms with Gasteiger partial charge in [0.05, 0.1) is 5.92 Å². The predicted molar refractivity (Wildman–Crippen MR) is 41.3 cm³/mol. The first kappa shape index (κ1) is 10.1. The standard InChI is InChI=1S/C8H14O3/c1-5(7(3)9)4-6(2)8(10)11/h5-6H,4H2,1-3H3,(H,10,11)/t5-,6+/m0/s1. The van der Waals surface area contributed by atoms with Crippen LogP contribution in [-0.2, 0) is 9.59 Å². The summed E-state index contributed by atoms with van der Waals surface area (Å²) in [5.74, 6) is -1.34. The smallest absolute Gasteiger partial charge is 0.306 e. The van der Waals surface area contributed by atoms with Crippen LogP contribution in [0.5, 0.6) is 0 Å². The highest BCUT2D eigenvalue weighted by molar-refractivity contribution is 5.79. The summed E-state index contributed by atoms with van der Waals surface area (Å²) in [6.45, 7) is 4.85. The summed E-state index contributed by atoms with van der Waals surface area (Å²) in [5.41, 5.74) is 0. The highest BCUT2D eigenvalue weighted by atomic mass is 16.4. The van der Waals surface area contributed by atoms with Crippen LogP contribution < -0.4 is 0 Å². The number of rotatable bonds is 4. The minimum absolute atomic E-state index is 0.0538. The van der Waals surface area contributed by atoms with E-state index in [4.69, 9.17) is 5.11 Å². The molecule has 0 aromatic carbocycles. The zero-order valence-electron chi connectivity index (χ0n) is 7.13. The fourth-order valence-corrected chi connectivity index (χ4v) is 0.797. The van der Waals surface area contributed by atoms with Gasteiger partial charge in [-0.05, 0) is 13.3 Å². The van der Waals surface area contributed by atoms with Crippen LogP contribution in [0.1, 0.15) is 27.2 Å². The zero-order chi connectivity index (χ0) is 9.02. The average molecular weight is 158 g/mol. The summed E-state index contributed by atoms with van der Waals surface area (Å²) in [6, 6.07) is 0. The van der Waals surface area contributed by atoms with Crippen LogP contribution in [0.4, 0.5) is 0 Å². The van der Waals surface area contributed by atoms with Crippen molar-refractivity contribution in [3.8, 4) is 0 Å². The van der Waals surface area contributed by atoms with Gasteiger partial charge in [-0.2, -0.15) is 0 Å². The van der Waals surface area contributed by atoms with Gasteiger partial charge in [-0.15, -0.1) is 0 Å². The molecular weight excluding hydrogens is 144 g/mol. The van der Waals surface area contributed by atoms with E-state index >= 15 is 0 Å². The molecule has 0 unspecified atom stereocenters. The molecule has 0 saturated carbocycles. The summed E-state index contributed by atoms with van der Waals surface area (Å²) in [5, 5.41) is 8.50. The summed E-state index contributed by atoms with van der Waals surface area (Å²) >= 11 is 0. The third-order valence-corrected chi connectivity index (χ3v) is 1.82. The number of Topliss-reactive ketones (excluding diaryl/α,β-unsaturated/α-hetero) is 1. The number of carboxylic acids is 1. The second-order valence-corrected chi connectivity index (χ2v) is 2.99. The van der Waals surface area contributed by atoms with Crippen molar-refractivity contribution < 1.29 is 14.7 Å². The molecule has 0 aliphatic heterocycles. The van der Waals surface area contributed by atoms with E-state index in [0.717, 1.165) is 0 Å². The fraction of sp³-hybridized carbons (Fsp3) is 0.750. The molecule has 3 heteroatoms. The molecule has 0 bridgehead atoms. The van der Waals surface area contributed by atoms with Gasteiger partial charge < -0.3 is 5.11 Å². The normalized spacial score (nSPS) is 15.5. The molecule has 0 aliphatic carbocycles. The minimum atomic E-state index is -0.835. The molecule has 0 fully saturated rings. The van der Waals surface area contributed by atoms with E-state index in [1.165, 1.54) is 6.92 Å². The van der Waals surface area contributed by atoms with Gasteiger partial charge in [0.25, 0.3) is 0 Å². The van der Waals surface area contributed by atoms with E-state index in [0.29, 0.717) is 6.42 Å². The van der Waals surface area contributed by atoms with Gasteiger partial charge in [-0.25, -0.2) is 0 Å². The highest BCUT2D eigenvalue weighted by Crippen LogP contribution is 2.12. The Morgan fingerprint density at radius 3 is 2.00 bits per heavy atom. The number of ketones is 1. The van der Waals surface area contributed by atoms with Gasteiger partial charge in [-0.1, -0.05) is 13.8 Å². The second kappa shape index (κ2) is 4.11. The molecule has 0 rings (SSSR count). The van der Waals surface area contributed by atoms with Gasteiger partial charge in [0, 0.05) is 5.92 Å². The van der Waals surface area contributed by atoms with Crippen LogP contribution in [0.25, 0.3) is 0 Å². The fourth-order valence-electron chi connectivity index (χ4n) is 0.797. The van der Waals surface area contributed by atoms with Crippen LogP contribution in [0.15, 0.2) is 0 Å². The molecular formula is C8H14O3. The minimum Gasteiger partial charge on any atom is -0.481 e. The molecule has 3 nitrogen and oxygen atoms in total. The van der Waals surface area contributed by atoms with Gasteiger partial charge in [0.15, 0.2) is 0 Å². The molecule has 0 aliphatic rings. The van der Waals surface area contributed by atoms with Gasteiger partial charge in [-0.3, -0.25) is 9.59 Å². The van der Waals surface area contributed by atoms with Crippen molar-refractivity contribution in [2.45, 2.75) is 27.2 Å². The van der Waals surface area contributed by atoms with E-state index in [1.54, 1.807) is 13.8 Å². The molecule has 0 saturated heterocycles. The van der Waals surface area contributed by atoms with Crippen LogP contribution in [0.3, 0.4) is 0 Å². The Balaban J connectivity index is 3.84. The quantitative estimate of drug-likeness (QED) is 0.671. The lowest BCUT2D eigenvalue weighted by atomic mass is 9.95. The maximum absolute atomic E-state index is 10.7. The Morgan fingerprint density at radius 1 is 1.27 bits per heavy atom. The van der Waals surface area contributed by atoms with E-state index in [2.05, 4.69) is 0 Å². The van der Waals surface area contributed by atoms with E-state index in [-0.39, 0.29) is 11.7 Å². The van der Waals surface area contributed by atoms with Crippen molar-refractivity contribution in [1.29, 1.82) is 0 Å². The summed E-state index contributed by atoms with van der Waals surface area (Å²) in [4.78, 5) is 21.1. The van der Waals surface area contributed by atoms with Crippen molar-refractivity contribution in [2.75, 3.05) is 0 Å². The van der Waals surface area contributed by atoms with Crippen molar-refractivity contribution in [3.63, 3.8) is 0 Å². The van der Waals surface area contributed by atoms with Crippen molar-refractivity contribution in [3.05, 3.63) is 0 Å². The van der Waals surface area contributed by atoms with E-state index < -0.39 is 11.9 Å². The monoisotopic (exact) mass is 158 g/mol. The lowest BCUT2D eigenvalue weighted by molar-refractivity contribution is -0.141. The third kappa shape index (κ3) is 3.75. The van der Waals surface area contributed by atoms with Crippen LogP contribution >= 0.6 is 0 Å². The molecule has 2 atom stereocenters. The number of carbonyl (C=O) groups excluding carboxylic acids is 1. The first-order valence-electron chi connectivity index (χ1n) is 3.68. The summed E-state index contributed by atoms with van der Waals surface area (Å²) in [7, 11) is 0. The van der Waals surface area contributed by atoms with Crippen LogP contribution in [0, 0.1) is 11.8 Å². The number of aliphatic carboxylic acids is 1. The molecule has 0 aromatic heterocycles. The van der Waals surface area contributed by atoms with Crippen molar-refractivity contribution >= 4 is 11.8 Å². The highest BCUT2D eigenvalue weighted by Gasteiger charge is 2.17. The molecule has 0 radical (unpaired) electrons. The number of carboxylic acid groups (broad SMARTS) is 1. The molecule has 64 valence electrons. The maximum Gasteiger partial charge on any atom is 0.306 e. The number of carbonyl (C=O) groups is 2. The van der Waals surface area contributed by atoms with Crippen molar-refractivity contribution in [1.82, 2.24) is 0 Å². The predicted octanol–water partition coefficient (Wildman–Crippen LogP) is 1.32. The lowest BCUT2D eigenvalue weighted by Crippen LogP contribution is -2.17. The molecule has 0 heterocycles. The van der Waals surface area contributed by atoms with Crippen LogP contribution in [-0.4, -0.2) is 16.9 Å². The van der Waals surface area contributed by atoms with Gasteiger partial charge in [0.2, 0.25) is 0 Å². The molecule has 0 amide bonds.